The van der Waals surface area contributed by atoms with E-state index < -0.39 is 9.84 Å². The van der Waals surface area contributed by atoms with Crippen LogP contribution in [0.4, 0.5) is 5.69 Å². The molecule has 2 heterocycles. The number of nitrogens with zero attached hydrogens (tertiary/aromatic N) is 2. The van der Waals surface area contributed by atoms with Gasteiger partial charge >= 0.3 is 0 Å². The maximum Gasteiger partial charge on any atom is 0.256 e. The Morgan fingerprint density at radius 2 is 1.77 bits per heavy atom. The summed E-state index contributed by atoms with van der Waals surface area (Å²) in [5.74, 6) is -0.254. The predicted octanol–water partition coefficient (Wildman–Crippen LogP) is 4.49. The van der Waals surface area contributed by atoms with Gasteiger partial charge in [0.05, 0.1) is 16.0 Å². The van der Waals surface area contributed by atoms with Gasteiger partial charge in [-0.1, -0.05) is 54.6 Å². The van der Waals surface area contributed by atoms with Crippen molar-refractivity contribution in [1.29, 1.82) is 0 Å². The fourth-order valence-electron chi connectivity index (χ4n) is 4.63. The zero-order valence-electron chi connectivity index (χ0n) is 19.6. The van der Waals surface area contributed by atoms with Crippen LogP contribution in [0.3, 0.4) is 0 Å². The van der Waals surface area contributed by atoms with E-state index in [1.807, 2.05) is 30.3 Å². The fourth-order valence-corrected chi connectivity index (χ4v) is 5.29. The van der Waals surface area contributed by atoms with Crippen LogP contribution in [0.25, 0.3) is 10.9 Å². The van der Waals surface area contributed by atoms with Crippen LogP contribution in [0.5, 0.6) is 0 Å². The molecule has 0 atom stereocenters. The summed E-state index contributed by atoms with van der Waals surface area (Å²) >= 11 is 0. The maximum atomic E-state index is 13.6. The average molecular weight is 486 g/mol. The van der Waals surface area contributed by atoms with E-state index in [-0.39, 0.29) is 10.8 Å². The molecule has 178 valence electrons. The lowest BCUT2D eigenvalue weighted by Gasteiger charge is -2.30. The number of nitrogens with one attached hydrogen (secondary N) is 1. The number of hydrogen-bond acceptors (Lipinski definition) is 5. The second-order valence-electron chi connectivity index (χ2n) is 8.95. The molecule has 0 aliphatic carbocycles. The lowest BCUT2D eigenvalue weighted by molar-refractivity contribution is 0.102. The molecule has 1 amide bonds. The summed E-state index contributed by atoms with van der Waals surface area (Å²) in [4.78, 5) is 21.1. The molecular weight excluding hydrogens is 458 g/mol. The number of sulfone groups is 1. The van der Waals surface area contributed by atoms with Gasteiger partial charge in [0.1, 0.15) is 0 Å². The fraction of sp³-hybridized carbons (Fsp3) is 0.214. The number of hydrogen-bond donors (Lipinski definition) is 1. The zero-order chi connectivity index (χ0) is 24.4. The minimum Gasteiger partial charge on any atom is -0.322 e. The summed E-state index contributed by atoms with van der Waals surface area (Å²) in [5, 5.41) is 3.73. The molecule has 1 aliphatic rings. The summed E-state index contributed by atoms with van der Waals surface area (Å²) in [7, 11) is -3.38. The van der Waals surface area contributed by atoms with Crippen molar-refractivity contribution in [3.05, 3.63) is 101 Å². The third-order valence-corrected chi connectivity index (χ3v) is 7.54. The summed E-state index contributed by atoms with van der Waals surface area (Å²) < 4.78 is 24.0. The van der Waals surface area contributed by atoms with Crippen molar-refractivity contribution in [3.8, 4) is 0 Å². The Bertz CT molecular complexity index is 1500. The van der Waals surface area contributed by atoms with Crippen LogP contribution in [0.15, 0.2) is 83.8 Å². The van der Waals surface area contributed by atoms with Crippen molar-refractivity contribution in [2.75, 3.05) is 24.7 Å². The molecule has 3 aromatic carbocycles. The third-order valence-electron chi connectivity index (χ3n) is 6.43. The Morgan fingerprint density at radius 3 is 2.57 bits per heavy atom. The quantitative estimate of drug-likeness (QED) is 0.435. The van der Waals surface area contributed by atoms with Crippen molar-refractivity contribution in [2.45, 2.75) is 24.3 Å². The molecule has 4 aromatic rings. The number of carbonyl (C=O) groups excluding carboxylic acids is 1. The monoisotopic (exact) mass is 485 g/mol. The molecule has 1 aliphatic heterocycles. The standard InChI is InChI=1S/C28H27N3O3S/c1-35(33,34)22-11-7-10-21(18-22)29-28(32)27-23-12-5-6-13-25(23)30-26-15-17-31(19-24(26)27)16-14-20-8-3-2-4-9-20/h2-13,18H,14-17,19H2,1H3,(H,29,32). The number of carbonyl (C=O) groups is 1. The van der Waals surface area contributed by atoms with Crippen LogP contribution in [-0.2, 0) is 29.2 Å². The largest absolute Gasteiger partial charge is 0.322 e. The first kappa shape index (κ1) is 23.2. The van der Waals surface area contributed by atoms with E-state index in [9.17, 15) is 13.2 Å². The summed E-state index contributed by atoms with van der Waals surface area (Å²) in [6, 6.07) is 24.4. The van der Waals surface area contributed by atoms with Gasteiger partial charge in [-0.3, -0.25) is 14.7 Å². The minimum atomic E-state index is -3.38. The molecule has 0 unspecified atom stereocenters. The van der Waals surface area contributed by atoms with E-state index in [1.54, 1.807) is 12.1 Å². The molecule has 6 nitrogen and oxygen atoms in total. The van der Waals surface area contributed by atoms with Crippen LogP contribution < -0.4 is 5.32 Å². The van der Waals surface area contributed by atoms with E-state index in [0.717, 1.165) is 54.3 Å². The van der Waals surface area contributed by atoms with Crippen LogP contribution in [0.2, 0.25) is 0 Å². The molecule has 0 spiro atoms. The lowest BCUT2D eigenvalue weighted by atomic mass is 9.95. The van der Waals surface area contributed by atoms with E-state index in [2.05, 4.69) is 34.5 Å². The first-order chi connectivity index (χ1) is 16.9. The first-order valence-corrected chi connectivity index (χ1v) is 13.6. The highest BCUT2D eigenvalue weighted by Crippen LogP contribution is 2.29. The minimum absolute atomic E-state index is 0.170. The van der Waals surface area contributed by atoms with Gasteiger partial charge in [0, 0.05) is 54.6 Å². The molecule has 0 radical (unpaired) electrons. The van der Waals surface area contributed by atoms with Crippen molar-refractivity contribution in [3.63, 3.8) is 0 Å². The molecule has 0 bridgehead atoms. The Morgan fingerprint density at radius 1 is 1.00 bits per heavy atom. The first-order valence-electron chi connectivity index (χ1n) is 11.7. The highest BCUT2D eigenvalue weighted by molar-refractivity contribution is 7.90. The van der Waals surface area contributed by atoms with Crippen LogP contribution in [0, 0.1) is 0 Å². The zero-order valence-corrected chi connectivity index (χ0v) is 20.4. The predicted molar refractivity (Wildman–Crippen MR) is 138 cm³/mol. The smallest absolute Gasteiger partial charge is 0.256 e. The summed E-state index contributed by atoms with van der Waals surface area (Å²) in [6.07, 6.45) is 2.88. The number of fused-ring (bicyclic) bond motifs is 2. The second kappa shape index (κ2) is 9.60. The van der Waals surface area contributed by atoms with Gasteiger partial charge in [-0.2, -0.15) is 0 Å². The number of para-hydroxylation sites is 1. The molecule has 0 fully saturated rings. The van der Waals surface area contributed by atoms with Crippen molar-refractivity contribution >= 4 is 32.3 Å². The van der Waals surface area contributed by atoms with Crippen LogP contribution in [-0.4, -0.2) is 43.6 Å². The van der Waals surface area contributed by atoms with Gasteiger partial charge in [-0.25, -0.2) is 8.42 Å². The Labute approximate surface area is 205 Å². The Kier molecular flexibility index (Phi) is 6.36. The molecule has 1 N–H and O–H groups in total. The Hall–Kier alpha value is -3.55. The van der Waals surface area contributed by atoms with Gasteiger partial charge in [-0.05, 0) is 36.2 Å². The highest BCUT2D eigenvalue weighted by atomic mass is 32.2. The second-order valence-corrected chi connectivity index (χ2v) is 11.0. The number of aromatic nitrogens is 1. The van der Waals surface area contributed by atoms with Crippen molar-refractivity contribution in [2.24, 2.45) is 0 Å². The van der Waals surface area contributed by atoms with E-state index in [0.29, 0.717) is 17.8 Å². The Balaban J connectivity index is 1.47. The third kappa shape index (κ3) is 5.11. The number of amides is 1. The molecule has 0 saturated heterocycles. The van der Waals surface area contributed by atoms with Gasteiger partial charge in [0.25, 0.3) is 5.91 Å². The topological polar surface area (TPSA) is 79.4 Å². The van der Waals surface area contributed by atoms with E-state index in [4.69, 9.17) is 4.98 Å². The van der Waals surface area contributed by atoms with Gasteiger partial charge < -0.3 is 5.32 Å². The molecular formula is C28H27N3O3S. The normalized spacial score (nSPS) is 14.0. The number of anilines is 1. The number of benzene rings is 3. The molecule has 35 heavy (non-hydrogen) atoms. The highest BCUT2D eigenvalue weighted by Gasteiger charge is 2.26. The molecule has 7 heteroatoms. The molecule has 5 rings (SSSR count). The lowest BCUT2D eigenvalue weighted by Crippen LogP contribution is -2.34. The maximum absolute atomic E-state index is 13.6. The van der Waals surface area contributed by atoms with Gasteiger partial charge in [-0.15, -0.1) is 0 Å². The van der Waals surface area contributed by atoms with Gasteiger partial charge in [0.2, 0.25) is 0 Å². The SMILES string of the molecule is CS(=O)(=O)c1cccc(NC(=O)c2c3c(nc4ccccc24)CCN(CCc2ccccc2)C3)c1. The van der Waals surface area contributed by atoms with Gasteiger partial charge in [0.15, 0.2) is 9.84 Å². The molecule has 1 aromatic heterocycles. The number of pyridine rings is 1. The summed E-state index contributed by atoms with van der Waals surface area (Å²) in [6.45, 7) is 2.43. The van der Waals surface area contributed by atoms with Crippen LogP contribution >= 0.6 is 0 Å². The van der Waals surface area contributed by atoms with Crippen molar-refractivity contribution in [1.82, 2.24) is 9.88 Å². The van der Waals surface area contributed by atoms with Crippen LogP contribution in [0.1, 0.15) is 27.2 Å². The molecule has 0 saturated carbocycles. The van der Waals surface area contributed by atoms with E-state index in [1.165, 1.54) is 17.7 Å². The average Bonchev–Trinajstić information content (AvgIpc) is 2.86. The number of rotatable bonds is 6. The van der Waals surface area contributed by atoms with E-state index >= 15 is 0 Å². The summed E-state index contributed by atoms with van der Waals surface area (Å²) in [5.41, 5.74) is 5.04. The van der Waals surface area contributed by atoms with Crippen molar-refractivity contribution < 1.29 is 13.2 Å².